The van der Waals surface area contributed by atoms with Crippen LogP contribution in [0, 0.1) is 0 Å². The quantitative estimate of drug-likeness (QED) is 0.545. The Hall–Kier alpha value is -1.96. The summed E-state index contributed by atoms with van der Waals surface area (Å²) in [5.74, 6) is 0. The molecule has 0 N–H and O–H groups in total. The van der Waals surface area contributed by atoms with Gasteiger partial charge < -0.3 is 0 Å². The van der Waals surface area contributed by atoms with E-state index in [4.69, 9.17) is 0 Å². The van der Waals surface area contributed by atoms with Crippen molar-refractivity contribution in [1.82, 2.24) is 0 Å². The average Bonchev–Trinajstić information content (AvgIpc) is 2.50. The largest absolute Gasteiger partial charge is 0.160 e. The highest BCUT2D eigenvalue weighted by molar-refractivity contribution is 6.11. The lowest BCUT2D eigenvalue weighted by atomic mass is 9.93. The second-order valence-electron chi connectivity index (χ2n) is 5.59. The Morgan fingerprint density at radius 1 is 0.905 bits per heavy atom. The van der Waals surface area contributed by atoms with Gasteiger partial charge in [0, 0.05) is 11.3 Å². The Labute approximate surface area is 127 Å². The Bertz CT molecular complexity index is 705. The van der Waals surface area contributed by atoms with Gasteiger partial charge in [0.25, 0.3) is 0 Å². The molecule has 0 amide bonds. The van der Waals surface area contributed by atoms with Crippen LogP contribution in [-0.4, -0.2) is 11.4 Å². The summed E-state index contributed by atoms with van der Waals surface area (Å²) in [4.78, 5) is 0. The molecule has 0 saturated heterocycles. The van der Waals surface area contributed by atoms with E-state index in [0.29, 0.717) is 0 Å². The molecule has 110 valence electrons. The molecule has 2 rings (SSSR count). The maximum absolute atomic E-state index is 4.40. The van der Waals surface area contributed by atoms with E-state index >= 15 is 0 Å². The summed E-state index contributed by atoms with van der Waals surface area (Å²) in [6.45, 7) is 10.4. The van der Waals surface area contributed by atoms with Crippen LogP contribution < -0.4 is 0 Å². The molecule has 0 saturated carbocycles. The van der Waals surface area contributed by atoms with Gasteiger partial charge in [-0.2, -0.15) is 10.2 Å². The Balaban J connectivity index is 2.69. The fraction of sp³-hybridized carbons (Fsp3) is 0.368. The van der Waals surface area contributed by atoms with Gasteiger partial charge in [-0.3, -0.25) is 0 Å². The maximum atomic E-state index is 4.40. The molecule has 0 aliphatic rings. The van der Waals surface area contributed by atoms with Gasteiger partial charge in [-0.25, -0.2) is 0 Å². The first-order valence-corrected chi connectivity index (χ1v) is 7.67. The van der Waals surface area contributed by atoms with E-state index in [0.717, 1.165) is 24.3 Å². The Kier molecular flexibility index (Phi) is 4.89. The van der Waals surface area contributed by atoms with Gasteiger partial charge in [-0.05, 0) is 55.5 Å². The van der Waals surface area contributed by atoms with Crippen LogP contribution in [0.3, 0.4) is 0 Å². The first-order chi connectivity index (χ1) is 10.1. The average molecular weight is 280 g/mol. The van der Waals surface area contributed by atoms with E-state index in [9.17, 15) is 0 Å². The summed E-state index contributed by atoms with van der Waals surface area (Å²) in [5, 5.41) is 11.2. The molecule has 21 heavy (non-hydrogen) atoms. The number of hydrogen-bond acceptors (Lipinski definition) is 2. The van der Waals surface area contributed by atoms with Crippen molar-refractivity contribution in [3.05, 3.63) is 47.0 Å². The van der Waals surface area contributed by atoms with Crippen molar-refractivity contribution in [1.29, 1.82) is 0 Å². The van der Waals surface area contributed by atoms with E-state index in [1.807, 2.05) is 20.8 Å². The molecule has 0 bridgehead atoms. The third kappa shape index (κ3) is 3.38. The topological polar surface area (TPSA) is 24.7 Å². The molecule has 0 aromatic heterocycles. The van der Waals surface area contributed by atoms with E-state index in [1.54, 1.807) is 0 Å². The molecule has 0 spiro atoms. The van der Waals surface area contributed by atoms with Gasteiger partial charge >= 0.3 is 0 Å². The molecule has 2 nitrogen and oxygen atoms in total. The lowest BCUT2D eigenvalue weighted by Gasteiger charge is -2.12. The van der Waals surface area contributed by atoms with Crippen LogP contribution in [0.25, 0.3) is 10.8 Å². The van der Waals surface area contributed by atoms with Gasteiger partial charge in [0.1, 0.15) is 0 Å². The second kappa shape index (κ2) is 6.66. The van der Waals surface area contributed by atoms with Gasteiger partial charge in [0.15, 0.2) is 0 Å². The minimum atomic E-state index is 0.973. The lowest BCUT2D eigenvalue weighted by molar-refractivity contribution is 1.13. The number of aryl methyl sites for hydroxylation is 2. The van der Waals surface area contributed by atoms with Crippen LogP contribution in [0.5, 0.6) is 0 Å². The molecule has 0 heterocycles. The maximum Gasteiger partial charge on any atom is 0.0680 e. The summed E-state index contributed by atoms with van der Waals surface area (Å²) in [5.41, 5.74) is 5.90. The fourth-order valence-corrected chi connectivity index (χ4v) is 2.59. The van der Waals surface area contributed by atoms with Crippen LogP contribution in [0.4, 0.5) is 0 Å². The van der Waals surface area contributed by atoms with Crippen molar-refractivity contribution < 1.29 is 0 Å². The predicted octanol–water partition coefficient (Wildman–Crippen LogP) is 5.17. The molecule has 0 radical (unpaired) electrons. The Morgan fingerprint density at radius 3 is 2.29 bits per heavy atom. The predicted molar refractivity (Wildman–Crippen MR) is 93.7 cm³/mol. The zero-order valence-corrected chi connectivity index (χ0v) is 13.7. The number of fused-ring (bicyclic) bond motifs is 1. The highest BCUT2D eigenvalue weighted by Crippen LogP contribution is 2.25. The smallest absolute Gasteiger partial charge is 0.0680 e. The molecule has 2 heteroatoms. The van der Waals surface area contributed by atoms with Gasteiger partial charge in [-0.15, -0.1) is 0 Å². The highest BCUT2D eigenvalue weighted by atomic mass is 15.2. The number of hydrogen-bond donors (Lipinski definition) is 0. The SMILES string of the molecule is CCc1ccc2c(/C(C)=N/N=C(C)C)c(CC)ccc2c1. The molecule has 0 aliphatic heterocycles. The zero-order chi connectivity index (χ0) is 15.4. The molecular weight excluding hydrogens is 256 g/mol. The van der Waals surface area contributed by atoms with Crippen molar-refractivity contribution in [2.75, 3.05) is 0 Å². The molecule has 0 unspecified atom stereocenters. The first kappa shape index (κ1) is 15.4. The third-order valence-electron chi connectivity index (χ3n) is 3.72. The van der Waals surface area contributed by atoms with Gasteiger partial charge in [0.2, 0.25) is 0 Å². The van der Waals surface area contributed by atoms with Crippen LogP contribution in [0.15, 0.2) is 40.5 Å². The molecule has 0 aliphatic carbocycles. The molecule has 2 aromatic rings. The van der Waals surface area contributed by atoms with Gasteiger partial charge in [-0.1, -0.05) is 44.2 Å². The number of benzene rings is 2. The van der Waals surface area contributed by atoms with E-state index in [-0.39, 0.29) is 0 Å². The van der Waals surface area contributed by atoms with Crippen LogP contribution in [-0.2, 0) is 12.8 Å². The number of nitrogens with zero attached hydrogens (tertiary/aromatic N) is 2. The van der Waals surface area contributed by atoms with E-state index in [2.05, 4.69) is 54.4 Å². The van der Waals surface area contributed by atoms with E-state index < -0.39 is 0 Å². The monoisotopic (exact) mass is 280 g/mol. The van der Waals surface area contributed by atoms with E-state index in [1.165, 1.54) is 27.5 Å². The molecular formula is C19H24N2. The summed E-state index contributed by atoms with van der Waals surface area (Å²) >= 11 is 0. The second-order valence-corrected chi connectivity index (χ2v) is 5.59. The van der Waals surface area contributed by atoms with Gasteiger partial charge in [0.05, 0.1) is 5.71 Å². The number of rotatable bonds is 4. The Morgan fingerprint density at radius 2 is 1.67 bits per heavy atom. The van der Waals surface area contributed by atoms with Crippen molar-refractivity contribution in [2.45, 2.75) is 47.5 Å². The minimum absolute atomic E-state index is 0.973. The van der Waals surface area contributed by atoms with Crippen molar-refractivity contribution in [3.8, 4) is 0 Å². The van der Waals surface area contributed by atoms with Crippen LogP contribution in [0.2, 0.25) is 0 Å². The van der Waals surface area contributed by atoms with Crippen molar-refractivity contribution in [2.24, 2.45) is 10.2 Å². The normalized spacial score (nSPS) is 11.8. The first-order valence-electron chi connectivity index (χ1n) is 7.67. The summed E-state index contributed by atoms with van der Waals surface area (Å²) in [6, 6.07) is 11.2. The highest BCUT2D eigenvalue weighted by Gasteiger charge is 2.10. The lowest BCUT2D eigenvalue weighted by Crippen LogP contribution is -2.02. The van der Waals surface area contributed by atoms with Crippen molar-refractivity contribution in [3.63, 3.8) is 0 Å². The third-order valence-corrected chi connectivity index (χ3v) is 3.72. The fourth-order valence-electron chi connectivity index (χ4n) is 2.59. The van der Waals surface area contributed by atoms with Crippen LogP contribution in [0.1, 0.15) is 51.3 Å². The molecule has 0 fully saturated rings. The molecule has 2 aromatic carbocycles. The zero-order valence-electron chi connectivity index (χ0n) is 13.7. The molecule has 0 atom stereocenters. The van der Waals surface area contributed by atoms with Crippen molar-refractivity contribution >= 4 is 22.2 Å². The minimum Gasteiger partial charge on any atom is -0.160 e. The summed E-state index contributed by atoms with van der Waals surface area (Å²) < 4.78 is 0. The summed E-state index contributed by atoms with van der Waals surface area (Å²) in [6.07, 6.45) is 2.07. The summed E-state index contributed by atoms with van der Waals surface area (Å²) in [7, 11) is 0. The standard InChI is InChI=1S/C19H24N2/c1-6-15-8-11-18-17(12-15)10-9-16(7-2)19(18)14(5)21-20-13(3)4/h8-12H,6-7H2,1-5H3/b21-14+. The van der Waals surface area contributed by atoms with Crippen LogP contribution >= 0.6 is 0 Å².